The highest BCUT2D eigenvalue weighted by Crippen LogP contribution is 2.39. The van der Waals surface area contributed by atoms with Gasteiger partial charge >= 0.3 is 7.12 Å². The van der Waals surface area contributed by atoms with Crippen LogP contribution in [-0.4, -0.2) is 24.2 Å². The van der Waals surface area contributed by atoms with Gasteiger partial charge in [-0.15, -0.1) is 0 Å². The van der Waals surface area contributed by atoms with Gasteiger partial charge in [0.1, 0.15) is 0 Å². The van der Waals surface area contributed by atoms with Gasteiger partial charge in [0.15, 0.2) is 0 Å². The summed E-state index contributed by atoms with van der Waals surface area (Å²) in [6, 6.07) is 5.95. The summed E-state index contributed by atoms with van der Waals surface area (Å²) in [6.07, 6.45) is 0.997. The van der Waals surface area contributed by atoms with Crippen LogP contribution in [0.4, 0.5) is 5.69 Å². The molecular formula is C18H26BNO3. The number of hydrogen-bond donors (Lipinski definition) is 1. The van der Waals surface area contributed by atoms with E-state index in [1.165, 1.54) is 0 Å². The van der Waals surface area contributed by atoms with Crippen molar-refractivity contribution in [2.75, 3.05) is 5.32 Å². The van der Waals surface area contributed by atoms with Crippen LogP contribution in [0.25, 0.3) is 0 Å². The van der Waals surface area contributed by atoms with Crippen molar-refractivity contribution < 1.29 is 14.1 Å². The van der Waals surface area contributed by atoms with Crippen molar-refractivity contribution in [2.24, 2.45) is 11.8 Å². The molecular weight excluding hydrogens is 289 g/mol. The van der Waals surface area contributed by atoms with E-state index in [-0.39, 0.29) is 30.1 Å². The fourth-order valence-corrected chi connectivity index (χ4v) is 2.87. The summed E-state index contributed by atoms with van der Waals surface area (Å²) in [7, 11) is -0.369. The summed E-state index contributed by atoms with van der Waals surface area (Å²) in [5.41, 5.74) is 2.19. The maximum absolute atomic E-state index is 12.1. The molecule has 0 bridgehead atoms. The highest BCUT2D eigenvalue weighted by atomic mass is 16.7. The fourth-order valence-electron chi connectivity index (χ4n) is 2.87. The third kappa shape index (κ3) is 3.04. The molecule has 3 rings (SSSR count). The number of carbonyl (C=O) groups excluding carboxylic acids is 1. The zero-order chi connectivity index (χ0) is 17.0. The number of aryl methyl sites for hydroxylation is 1. The van der Waals surface area contributed by atoms with Gasteiger partial charge in [0.05, 0.1) is 11.2 Å². The van der Waals surface area contributed by atoms with Gasteiger partial charge in [0, 0.05) is 11.6 Å². The van der Waals surface area contributed by atoms with Crippen LogP contribution in [0.3, 0.4) is 0 Å². The number of nitrogens with one attached hydrogen (secondary N) is 1. The maximum Gasteiger partial charge on any atom is 0.494 e. The molecule has 2 fully saturated rings. The number of benzene rings is 1. The maximum atomic E-state index is 12.1. The summed E-state index contributed by atoms with van der Waals surface area (Å²) in [5, 5.41) is 3.03. The van der Waals surface area contributed by atoms with Gasteiger partial charge in [-0.3, -0.25) is 4.79 Å². The van der Waals surface area contributed by atoms with Gasteiger partial charge in [-0.1, -0.05) is 19.1 Å². The average molecular weight is 315 g/mol. The van der Waals surface area contributed by atoms with Crippen LogP contribution >= 0.6 is 0 Å². The largest absolute Gasteiger partial charge is 0.494 e. The van der Waals surface area contributed by atoms with E-state index in [0.717, 1.165) is 23.1 Å². The van der Waals surface area contributed by atoms with E-state index >= 15 is 0 Å². The van der Waals surface area contributed by atoms with Crippen LogP contribution in [0.2, 0.25) is 0 Å². The molecule has 4 nitrogen and oxygen atoms in total. The Morgan fingerprint density at radius 3 is 2.26 bits per heavy atom. The second kappa shape index (κ2) is 5.35. The minimum Gasteiger partial charge on any atom is -0.399 e. The predicted octanol–water partition coefficient (Wildman–Crippen LogP) is 2.89. The Labute approximate surface area is 139 Å². The van der Waals surface area contributed by atoms with Crippen LogP contribution in [-0.2, 0) is 14.1 Å². The van der Waals surface area contributed by atoms with E-state index in [4.69, 9.17) is 9.31 Å². The summed E-state index contributed by atoms with van der Waals surface area (Å²) >= 11 is 0. The third-order valence-corrected chi connectivity index (χ3v) is 5.48. The van der Waals surface area contributed by atoms with Crippen LogP contribution in [0.15, 0.2) is 18.2 Å². The van der Waals surface area contributed by atoms with E-state index in [0.29, 0.717) is 5.92 Å². The first kappa shape index (κ1) is 16.5. The third-order valence-electron chi connectivity index (χ3n) is 5.48. The number of hydrogen-bond acceptors (Lipinski definition) is 3. The molecule has 1 N–H and O–H groups in total. The Morgan fingerprint density at radius 2 is 1.78 bits per heavy atom. The van der Waals surface area contributed by atoms with Crippen molar-refractivity contribution in [3.63, 3.8) is 0 Å². The lowest BCUT2D eigenvalue weighted by molar-refractivity contribution is -0.117. The summed E-state index contributed by atoms with van der Waals surface area (Å²) in [6.45, 7) is 12.3. The molecule has 0 spiro atoms. The minimum atomic E-state index is -0.369. The molecule has 124 valence electrons. The number of rotatable bonds is 3. The van der Waals surface area contributed by atoms with Crippen LogP contribution in [0.5, 0.6) is 0 Å². The molecule has 1 saturated heterocycles. The molecule has 1 aromatic rings. The monoisotopic (exact) mass is 315 g/mol. The molecule has 1 saturated carbocycles. The predicted molar refractivity (Wildman–Crippen MR) is 92.8 cm³/mol. The van der Waals surface area contributed by atoms with Gasteiger partial charge in [-0.05, 0) is 64.1 Å². The smallest absolute Gasteiger partial charge is 0.399 e. The molecule has 0 radical (unpaired) electrons. The molecule has 5 heteroatoms. The van der Waals surface area contributed by atoms with Gasteiger partial charge in [0.2, 0.25) is 5.91 Å². The standard InChI is InChI=1S/C18H26BNO3/c1-11-10-14(11)16(21)20-15-8-7-13(9-12(15)2)19-22-17(3,4)18(5,6)23-19/h7-9,11,14H,10H2,1-6H3,(H,20,21). The molecule has 1 aliphatic heterocycles. The SMILES string of the molecule is Cc1cc(B2OC(C)(C)C(C)(C)O2)ccc1NC(=O)C1CC1C. The molecule has 2 atom stereocenters. The van der Waals surface area contributed by atoms with Crippen molar-refractivity contribution in [1.29, 1.82) is 0 Å². The topological polar surface area (TPSA) is 47.6 Å². The number of carbonyl (C=O) groups is 1. The molecule has 0 aromatic heterocycles. The van der Waals surface area contributed by atoms with Gasteiger partial charge in [0.25, 0.3) is 0 Å². The van der Waals surface area contributed by atoms with E-state index in [1.807, 2.05) is 52.8 Å². The van der Waals surface area contributed by atoms with E-state index in [1.54, 1.807) is 0 Å². The zero-order valence-electron chi connectivity index (χ0n) is 14.9. The quantitative estimate of drug-likeness (QED) is 0.873. The van der Waals surface area contributed by atoms with Crippen molar-refractivity contribution in [3.8, 4) is 0 Å². The molecule has 23 heavy (non-hydrogen) atoms. The Hall–Kier alpha value is -1.33. The van der Waals surface area contributed by atoms with Crippen LogP contribution in [0, 0.1) is 18.8 Å². The Kier molecular flexibility index (Phi) is 3.85. The lowest BCUT2D eigenvalue weighted by Gasteiger charge is -2.32. The first-order chi connectivity index (χ1) is 10.6. The lowest BCUT2D eigenvalue weighted by Crippen LogP contribution is -2.41. The van der Waals surface area contributed by atoms with Crippen molar-refractivity contribution in [2.45, 2.75) is 59.2 Å². The van der Waals surface area contributed by atoms with Gasteiger partial charge < -0.3 is 14.6 Å². The minimum absolute atomic E-state index is 0.129. The molecule has 2 unspecified atom stereocenters. The second-order valence-electron chi connectivity index (χ2n) is 7.97. The highest BCUT2D eigenvalue weighted by Gasteiger charge is 2.51. The normalized spacial score (nSPS) is 27.8. The Balaban J connectivity index is 1.74. The van der Waals surface area contributed by atoms with Crippen LogP contribution in [0.1, 0.15) is 46.6 Å². The second-order valence-corrected chi connectivity index (χ2v) is 7.97. The Bertz CT molecular complexity index is 625. The number of anilines is 1. The Morgan fingerprint density at radius 1 is 1.22 bits per heavy atom. The van der Waals surface area contributed by atoms with Crippen LogP contribution < -0.4 is 10.8 Å². The molecule has 1 amide bonds. The first-order valence-electron chi connectivity index (χ1n) is 8.38. The highest BCUT2D eigenvalue weighted by molar-refractivity contribution is 6.62. The van der Waals surface area contributed by atoms with Crippen molar-refractivity contribution in [1.82, 2.24) is 0 Å². The summed E-state index contributed by atoms with van der Waals surface area (Å²) < 4.78 is 12.2. The summed E-state index contributed by atoms with van der Waals surface area (Å²) in [5.74, 6) is 0.820. The fraction of sp³-hybridized carbons (Fsp3) is 0.611. The van der Waals surface area contributed by atoms with Crippen molar-refractivity contribution >= 4 is 24.2 Å². The van der Waals surface area contributed by atoms with E-state index < -0.39 is 0 Å². The van der Waals surface area contributed by atoms with Crippen molar-refractivity contribution in [3.05, 3.63) is 23.8 Å². The first-order valence-corrected chi connectivity index (χ1v) is 8.38. The van der Waals surface area contributed by atoms with E-state index in [9.17, 15) is 4.79 Å². The molecule has 1 aliphatic carbocycles. The molecule has 1 aromatic carbocycles. The van der Waals surface area contributed by atoms with E-state index in [2.05, 4.69) is 12.2 Å². The van der Waals surface area contributed by atoms with Gasteiger partial charge in [-0.25, -0.2) is 0 Å². The summed E-state index contributed by atoms with van der Waals surface area (Å²) in [4.78, 5) is 12.1. The number of amides is 1. The zero-order valence-corrected chi connectivity index (χ0v) is 14.9. The molecule has 1 heterocycles. The average Bonchev–Trinajstić information content (AvgIpc) is 3.11. The molecule has 2 aliphatic rings. The van der Waals surface area contributed by atoms with Gasteiger partial charge in [-0.2, -0.15) is 0 Å². The lowest BCUT2D eigenvalue weighted by atomic mass is 9.78.